The Balaban J connectivity index is 3.47. The number of hydrogen-bond acceptors (Lipinski definition) is 4. The Kier molecular flexibility index (Phi) is 36.5. The molecule has 1 N–H and O–H groups in total. The van der Waals surface area contributed by atoms with Crippen LogP contribution in [0.1, 0.15) is 219 Å². The van der Waals surface area contributed by atoms with Crippen LogP contribution in [0.2, 0.25) is 0 Å². The third kappa shape index (κ3) is 36.5. The lowest BCUT2D eigenvalue weighted by molar-refractivity contribution is 0.0799. The molecule has 272 valence electrons. The van der Waals surface area contributed by atoms with Crippen molar-refractivity contribution in [3.63, 3.8) is 0 Å². The average Bonchev–Trinajstić information content (AvgIpc) is 3.02. The summed E-state index contributed by atoms with van der Waals surface area (Å²) in [5.74, 6) is 0. The van der Waals surface area contributed by atoms with E-state index >= 15 is 0 Å². The summed E-state index contributed by atoms with van der Waals surface area (Å²) in [7, 11) is -4.16. The number of unbranched alkanes of at least 4 members (excludes halogenated alkanes) is 30. The molecule has 0 aromatic carbocycles. The van der Waals surface area contributed by atoms with Gasteiger partial charge in [0.1, 0.15) is 5.25 Å². The fourth-order valence-corrected chi connectivity index (χ4v) is 6.69. The van der Waals surface area contributed by atoms with Gasteiger partial charge in [0.15, 0.2) is 0 Å². The molecule has 6 heteroatoms. The zero-order valence-electron chi connectivity index (χ0n) is 30.5. The highest BCUT2D eigenvalue weighted by atomic mass is 32.2. The largest absolute Gasteiger partial charge is 0.380 e. The van der Waals surface area contributed by atoms with Gasteiger partial charge in [-0.05, 0) is 12.8 Å². The maximum absolute atomic E-state index is 11.8. The lowest BCUT2D eigenvalue weighted by atomic mass is 10.0. The van der Waals surface area contributed by atoms with Gasteiger partial charge < -0.3 is 9.47 Å². The SMILES string of the molecule is CCCCCCCCCCCCCCCCCCOCC(COCCCCCCCCCCCCCCCCCC)S(=O)(=O)O. The van der Waals surface area contributed by atoms with Gasteiger partial charge in [0.25, 0.3) is 10.1 Å². The predicted octanol–water partition coefficient (Wildman–Crippen LogP) is 12.8. The number of rotatable bonds is 39. The van der Waals surface area contributed by atoms with Crippen molar-refractivity contribution >= 4 is 10.1 Å². The summed E-state index contributed by atoms with van der Waals surface area (Å²) in [6, 6.07) is 0. The highest BCUT2D eigenvalue weighted by molar-refractivity contribution is 7.86. The van der Waals surface area contributed by atoms with Crippen molar-refractivity contribution in [2.45, 2.75) is 225 Å². The van der Waals surface area contributed by atoms with Crippen LogP contribution >= 0.6 is 0 Å². The average molecular weight is 661 g/mol. The molecule has 0 fully saturated rings. The number of hydrogen-bond donors (Lipinski definition) is 1. The first-order chi connectivity index (χ1) is 22.0. The summed E-state index contributed by atoms with van der Waals surface area (Å²) in [6.07, 6.45) is 42.4. The van der Waals surface area contributed by atoms with Crippen molar-refractivity contribution in [3.8, 4) is 0 Å². The van der Waals surface area contributed by atoms with Gasteiger partial charge in [-0.2, -0.15) is 8.42 Å². The highest BCUT2D eigenvalue weighted by Crippen LogP contribution is 2.15. The molecule has 0 aromatic heterocycles. The summed E-state index contributed by atoms with van der Waals surface area (Å²) >= 11 is 0. The van der Waals surface area contributed by atoms with Gasteiger partial charge in [0.2, 0.25) is 0 Å². The van der Waals surface area contributed by atoms with Crippen LogP contribution in [0.4, 0.5) is 0 Å². The quantitative estimate of drug-likeness (QED) is 0.0524. The van der Waals surface area contributed by atoms with Crippen molar-refractivity contribution in [3.05, 3.63) is 0 Å². The molecule has 0 bridgehead atoms. The summed E-state index contributed by atoms with van der Waals surface area (Å²) < 4.78 is 44.3. The second-order valence-electron chi connectivity index (χ2n) is 13.9. The van der Waals surface area contributed by atoms with Crippen molar-refractivity contribution in [1.82, 2.24) is 0 Å². The van der Waals surface area contributed by atoms with Gasteiger partial charge in [0, 0.05) is 13.2 Å². The topological polar surface area (TPSA) is 72.8 Å². The van der Waals surface area contributed by atoms with Gasteiger partial charge in [-0.15, -0.1) is 0 Å². The molecule has 0 unspecified atom stereocenters. The Labute approximate surface area is 282 Å². The van der Waals surface area contributed by atoms with Crippen molar-refractivity contribution in [2.24, 2.45) is 0 Å². The third-order valence-corrected chi connectivity index (χ3v) is 10.4. The molecule has 0 rings (SSSR count). The molecule has 0 aliphatic rings. The van der Waals surface area contributed by atoms with E-state index in [1.165, 1.54) is 180 Å². The first-order valence-electron chi connectivity index (χ1n) is 20.1. The molecular formula is C39H80O5S. The normalized spacial score (nSPS) is 12.1. The standard InChI is InChI=1S/C39H80O5S/c1-3-5-7-9-11-13-15-17-19-21-23-25-27-29-31-33-35-43-37-39(45(40,41)42)38-44-36-34-32-30-28-26-24-22-20-18-16-14-12-10-8-6-4-2/h39H,3-38H2,1-2H3,(H,40,41,42). The lowest BCUT2D eigenvalue weighted by Gasteiger charge is -2.14. The zero-order valence-corrected chi connectivity index (χ0v) is 31.3. The molecule has 5 nitrogen and oxygen atoms in total. The molecule has 0 radical (unpaired) electrons. The molecule has 45 heavy (non-hydrogen) atoms. The van der Waals surface area contributed by atoms with E-state index in [1.54, 1.807) is 0 Å². The first kappa shape index (κ1) is 44.8. The van der Waals surface area contributed by atoms with E-state index in [4.69, 9.17) is 9.47 Å². The van der Waals surface area contributed by atoms with E-state index in [0.29, 0.717) is 13.2 Å². The maximum atomic E-state index is 11.8. The molecule has 0 atom stereocenters. The van der Waals surface area contributed by atoms with Gasteiger partial charge in [-0.25, -0.2) is 0 Å². The van der Waals surface area contributed by atoms with Gasteiger partial charge in [-0.3, -0.25) is 4.55 Å². The summed E-state index contributed by atoms with van der Waals surface area (Å²) in [6.45, 7) is 5.67. The Morgan fingerprint density at radius 1 is 0.378 bits per heavy atom. The summed E-state index contributed by atoms with van der Waals surface area (Å²) in [4.78, 5) is 0. The van der Waals surface area contributed by atoms with Crippen LogP contribution in [0.15, 0.2) is 0 Å². The van der Waals surface area contributed by atoms with Crippen molar-refractivity contribution in [2.75, 3.05) is 26.4 Å². The van der Waals surface area contributed by atoms with Crippen molar-refractivity contribution in [1.29, 1.82) is 0 Å². The molecule has 0 heterocycles. The molecule has 0 saturated carbocycles. The zero-order chi connectivity index (χ0) is 32.9. The maximum Gasteiger partial charge on any atom is 0.272 e. The minimum atomic E-state index is -4.16. The molecular weight excluding hydrogens is 580 g/mol. The second-order valence-corrected chi connectivity index (χ2v) is 15.6. The molecule has 0 aromatic rings. The Bertz CT molecular complexity index is 614. The first-order valence-corrected chi connectivity index (χ1v) is 21.6. The van der Waals surface area contributed by atoms with Crippen molar-refractivity contribution < 1.29 is 22.4 Å². The fourth-order valence-electron chi connectivity index (χ4n) is 6.15. The van der Waals surface area contributed by atoms with Gasteiger partial charge in [0.05, 0.1) is 13.2 Å². The van der Waals surface area contributed by atoms with Gasteiger partial charge >= 0.3 is 0 Å². The van der Waals surface area contributed by atoms with E-state index < -0.39 is 15.4 Å². The monoisotopic (exact) mass is 661 g/mol. The van der Waals surface area contributed by atoms with Crippen LogP contribution in [-0.2, 0) is 19.6 Å². The lowest BCUT2D eigenvalue weighted by Crippen LogP contribution is -2.31. The van der Waals surface area contributed by atoms with E-state index in [1.807, 2.05) is 0 Å². The van der Waals surface area contributed by atoms with Crippen LogP contribution in [0.3, 0.4) is 0 Å². The number of ether oxygens (including phenoxy) is 2. The Hall–Kier alpha value is -0.170. The third-order valence-electron chi connectivity index (χ3n) is 9.31. The van der Waals surface area contributed by atoms with Crippen LogP contribution in [-0.4, -0.2) is 44.6 Å². The second kappa shape index (κ2) is 36.7. The fraction of sp³-hybridized carbons (Fsp3) is 1.00. The molecule has 0 amide bonds. The van der Waals surface area contributed by atoms with Gasteiger partial charge in [-0.1, -0.05) is 206 Å². The molecule has 0 aliphatic heterocycles. The minimum Gasteiger partial charge on any atom is -0.380 e. The minimum absolute atomic E-state index is 0.0104. The molecule has 0 spiro atoms. The summed E-state index contributed by atoms with van der Waals surface area (Å²) in [5.41, 5.74) is 0. The van der Waals surface area contributed by atoms with Crippen LogP contribution < -0.4 is 0 Å². The smallest absolute Gasteiger partial charge is 0.272 e. The van der Waals surface area contributed by atoms with Crippen LogP contribution in [0.25, 0.3) is 0 Å². The summed E-state index contributed by atoms with van der Waals surface area (Å²) in [5, 5.41) is -0.986. The predicted molar refractivity (Wildman–Crippen MR) is 196 cm³/mol. The van der Waals surface area contributed by atoms with Crippen LogP contribution in [0.5, 0.6) is 0 Å². The van der Waals surface area contributed by atoms with E-state index in [-0.39, 0.29) is 13.2 Å². The van der Waals surface area contributed by atoms with E-state index in [2.05, 4.69) is 13.8 Å². The Morgan fingerprint density at radius 2 is 0.578 bits per heavy atom. The highest BCUT2D eigenvalue weighted by Gasteiger charge is 2.23. The van der Waals surface area contributed by atoms with E-state index in [9.17, 15) is 13.0 Å². The van der Waals surface area contributed by atoms with Crippen LogP contribution in [0, 0.1) is 0 Å². The molecule has 0 saturated heterocycles. The molecule has 0 aliphatic carbocycles. The Morgan fingerprint density at radius 3 is 0.778 bits per heavy atom. The van der Waals surface area contributed by atoms with E-state index in [0.717, 1.165) is 25.7 Å².